The topological polar surface area (TPSA) is 117 Å². The van der Waals surface area contributed by atoms with E-state index in [1.807, 2.05) is 84.9 Å². The first-order valence-electron chi connectivity index (χ1n) is 14.4. The van der Waals surface area contributed by atoms with Gasteiger partial charge in [0.05, 0.1) is 17.8 Å². The summed E-state index contributed by atoms with van der Waals surface area (Å²) in [6, 6.07) is 32.5. The molecular formula is C35H37N5O3. The summed E-state index contributed by atoms with van der Waals surface area (Å²) >= 11 is 0. The van der Waals surface area contributed by atoms with Crippen molar-refractivity contribution in [3.05, 3.63) is 120 Å². The molecule has 8 nitrogen and oxygen atoms in total. The SMILES string of the molecule is CNC(=O)Nc1ccccc1-c1ccc(CN2C(=O)C(NC(=O)C(C)(C)N)CC(c3ccccc3)c3ccccc32)cc1. The van der Waals surface area contributed by atoms with Gasteiger partial charge in [0.1, 0.15) is 6.04 Å². The number of hydrogen-bond acceptors (Lipinski definition) is 4. The Balaban J connectivity index is 1.50. The molecule has 1 heterocycles. The zero-order valence-electron chi connectivity index (χ0n) is 24.6. The summed E-state index contributed by atoms with van der Waals surface area (Å²) in [5.74, 6) is -0.672. The van der Waals surface area contributed by atoms with Gasteiger partial charge in [-0.05, 0) is 54.7 Å². The number of carbonyl (C=O) groups is 3. The zero-order valence-corrected chi connectivity index (χ0v) is 24.6. The minimum absolute atomic E-state index is 0.107. The Hall–Kier alpha value is -4.95. The van der Waals surface area contributed by atoms with E-state index >= 15 is 0 Å². The number of para-hydroxylation sites is 2. The maximum atomic E-state index is 14.2. The molecule has 0 saturated carbocycles. The molecule has 0 radical (unpaired) electrons. The molecular weight excluding hydrogens is 538 g/mol. The lowest BCUT2D eigenvalue weighted by atomic mass is 9.86. The molecule has 5 N–H and O–H groups in total. The van der Waals surface area contributed by atoms with Crippen LogP contribution in [0.1, 0.15) is 42.9 Å². The van der Waals surface area contributed by atoms with Gasteiger partial charge in [0.2, 0.25) is 11.8 Å². The standard InChI is InChI=1S/C35H37N5O3/c1-35(2,36)33(42)38-30-21-28(24-11-5-4-6-12-24)27-14-8-10-16-31(27)40(32(30)41)22-23-17-19-25(20-18-23)26-13-7-9-15-29(26)39-34(43)37-3/h4-20,28,30H,21-22,36H2,1-3H3,(H,38,42)(H2,37,39,43). The van der Waals surface area contributed by atoms with E-state index < -0.39 is 11.6 Å². The van der Waals surface area contributed by atoms with Crippen LogP contribution in [0.15, 0.2) is 103 Å². The number of anilines is 2. The van der Waals surface area contributed by atoms with Crippen LogP contribution in [0.3, 0.4) is 0 Å². The van der Waals surface area contributed by atoms with Crippen molar-refractivity contribution in [2.45, 2.75) is 44.3 Å². The molecule has 1 aliphatic rings. The molecule has 2 unspecified atom stereocenters. The first-order chi connectivity index (χ1) is 20.7. The number of benzene rings is 4. The zero-order chi connectivity index (χ0) is 30.6. The molecule has 43 heavy (non-hydrogen) atoms. The molecule has 4 aromatic carbocycles. The third-order valence-electron chi connectivity index (χ3n) is 7.74. The predicted molar refractivity (Wildman–Crippen MR) is 171 cm³/mol. The van der Waals surface area contributed by atoms with Crippen LogP contribution < -0.4 is 26.6 Å². The number of hydrogen-bond donors (Lipinski definition) is 4. The van der Waals surface area contributed by atoms with Crippen molar-refractivity contribution in [3.63, 3.8) is 0 Å². The van der Waals surface area contributed by atoms with Gasteiger partial charge in [-0.1, -0.05) is 91.0 Å². The van der Waals surface area contributed by atoms with Gasteiger partial charge in [-0.3, -0.25) is 9.59 Å². The lowest BCUT2D eigenvalue weighted by Crippen LogP contribution is -2.56. The fourth-order valence-corrected chi connectivity index (χ4v) is 5.43. The van der Waals surface area contributed by atoms with Crippen LogP contribution >= 0.6 is 0 Å². The molecule has 0 bridgehead atoms. The van der Waals surface area contributed by atoms with Gasteiger partial charge < -0.3 is 26.6 Å². The number of nitrogens with one attached hydrogen (secondary N) is 3. The van der Waals surface area contributed by atoms with Crippen molar-refractivity contribution in [2.75, 3.05) is 17.3 Å². The molecule has 2 atom stereocenters. The Kier molecular flexibility index (Phi) is 8.59. The molecule has 0 spiro atoms. The molecule has 4 amide bonds. The van der Waals surface area contributed by atoms with Gasteiger partial charge in [0.25, 0.3) is 0 Å². The van der Waals surface area contributed by atoms with E-state index in [1.54, 1.807) is 25.8 Å². The summed E-state index contributed by atoms with van der Waals surface area (Å²) in [6.07, 6.45) is 0.409. The lowest BCUT2D eigenvalue weighted by Gasteiger charge is -2.28. The quantitative estimate of drug-likeness (QED) is 0.236. The first-order valence-corrected chi connectivity index (χ1v) is 14.4. The molecule has 4 aromatic rings. The van der Waals surface area contributed by atoms with Crippen LogP contribution in [0, 0.1) is 0 Å². The number of amides is 4. The van der Waals surface area contributed by atoms with Crippen LogP contribution in [0.25, 0.3) is 11.1 Å². The highest BCUT2D eigenvalue weighted by atomic mass is 16.2. The van der Waals surface area contributed by atoms with E-state index in [1.165, 1.54) is 0 Å². The lowest BCUT2D eigenvalue weighted by molar-refractivity contribution is -0.130. The molecule has 8 heteroatoms. The molecule has 1 aliphatic heterocycles. The second kappa shape index (κ2) is 12.5. The van der Waals surface area contributed by atoms with Crippen LogP contribution in [0.5, 0.6) is 0 Å². The van der Waals surface area contributed by atoms with Crippen molar-refractivity contribution in [1.82, 2.24) is 10.6 Å². The number of nitrogens with two attached hydrogens (primary N) is 1. The average molecular weight is 576 g/mol. The Morgan fingerprint density at radius 2 is 1.53 bits per heavy atom. The summed E-state index contributed by atoms with van der Waals surface area (Å²) < 4.78 is 0. The maximum Gasteiger partial charge on any atom is 0.318 e. The number of rotatable bonds is 7. The smallest absolute Gasteiger partial charge is 0.318 e. The van der Waals surface area contributed by atoms with E-state index in [0.29, 0.717) is 18.7 Å². The van der Waals surface area contributed by atoms with E-state index in [0.717, 1.165) is 33.5 Å². The predicted octanol–water partition coefficient (Wildman–Crippen LogP) is 5.40. The van der Waals surface area contributed by atoms with Crippen LogP contribution in [0.2, 0.25) is 0 Å². The van der Waals surface area contributed by atoms with E-state index in [4.69, 9.17) is 5.73 Å². The average Bonchev–Trinajstić information content (AvgIpc) is 3.12. The largest absolute Gasteiger partial charge is 0.343 e. The second-order valence-electron chi connectivity index (χ2n) is 11.4. The summed E-state index contributed by atoms with van der Waals surface area (Å²) in [5.41, 5.74) is 11.3. The molecule has 220 valence electrons. The van der Waals surface area contributed by atoms with Crippen LogP contribution in [-0.4, -0.2) is 36.5 Å². The van der Waals surface area contributed by atoms with Crippen LogP contribution in [0.4, 0.5) is 16.2 Å². The fraction of sp³-hybridized carbons (Fsp3) is 0.229. The third kappa shape index (κ3) is 6.60. The summed E-state index contributed by atoms with van der Waals surface area (Å²) in [7, 11) is 1.57. The number of fused-ring (bicyclic) bond motifs is 1. The summed E-state index contributed by atoms with van der Waals surface area (Å²) in [4.78, 5) is 41.0. The molecule has 0 aliphatic carbocycles. The monoisotopic (exact) mass is 575 g/mol. The van der Waals surface area contributed by atoms with Crippen molar-refractivity contribution in [1.29, 1.82) is 0 Å². The van der Waals surface area contributed by atoms with Gasteiger partial charge >= 0.3 is 6.03 Å². The number of carbonyl (C=O) groups excluding carboxylic acids is 3. The fourth-order valence-electron chi connectivity index (χ4n) is 5.43. The van der Waals surface area contributed by atoms with Gasteiger partial charge in [0.15, 0.2) is 0 Å². The van der Waals surface area contributed by atoms with Gasteiger partial charge in [0, 0.05) is 24.2 Å². The van der Waals surface area contributed by atoms with E-state index in [2.05, 4.69) is 34.1 Å². The van der Waals surface area contributed by atoms with Gasteiger partial charge in [-0.15, -0.1) is 0 Å². The minimum Gasteiger partial charge on any atom is -0.343 e. The number of nitrogens with zero attached hydrogens (tertiary/aromatic N) is 1. The Labute approximate surface area is 252 Å². The van der Waals surface area contributed by atoms with Gasteiger partial charge in [-0.2, -0.15) is 0 Å². The van der Waals surface area contributed by atoms with Crippen molar-refractivity contribution in [3.8, 4) is 11.1 Å². The highest BCUT2D eigenvalue weighted by molar-refractivity contribution is 6.01. The van der Waals surface area contributed by atoms with E-state index in [-0.39, 0.29) is 23.8 Å². The normalized spacial score (nSPS) is 16.6. The Morgan fingerprint density at radius 1 is 0.884 bits per heavy atom. The molecule has 0 saturated heterocycles. The van der Waals surface area contributed by atoms with Crippen LogP contribution in [-0.2, 0) is 16.1 Å². The highest BCUT2D eigenvalue weighted by Gasteiger charge is 2.38. The second-order valence-corrected chi connectivity index (χ2v) is 11.4. The van der Waals surface area contributed by atoms with Crippen molar-refractivity contribution >= 4 is 29.2 Å². The Bertz CT molecular complexity index is 1610. The Morgan fingerprint density at radius 3 is 2.23 bits per heavy atom. The third-order valence-corrected chi connectivity index (χ3v) is 7.74. The molecule has 0 aromatic heterocycles. The maximum absolute atomic E-state index is 14.2. The summed E-state index contributed by atoms with van der Waals surface area (Å²) in [6.45, 7) is 3.58. The highest BCUT2D eigenvalue weighted by Crippen LogP contribution is 2.40. The van der Waals surface area contributed by atoms with Crippen molar-refractivity contribution < 1.29 is 14.4 Å². The van der Waals surface area contributed by atoms with Crippen molar-refractivity contribution in [2.24, 2.45) is 5.73 Å². The molecule has 0 fully saturated rings. The van der Waals surface area contributed by atoms with Gasteiger partial charge in [-0.25, -0.2) is 4.79 Å². The summed E-state index contributed by atoms with van der Waals surface area (Å²) in [5, 5.41) is 8.41. The number of urea groups is 1. The molecule has 5 rings (SSSR count). The van der Waals surface area contributed by atoms with E-state index in [9.17, 15) is 14.4 Å². The minimum atomic E-state index is -1.13. The first kappa shape index (κ1) is 29.5.